The number of carbonyl (C=O) groups is 2. The van der Waals surface area contributed by atoms with Gasteiger partial charge in [0.15, 0.2) is 5.82 Å². The standard InChI is InChI=1S/C19H28N4O4/c24-18(20-11-13-5-3-9-26-13)16-15-7-1-2-8-23(15)17(22-16)19(25)21-12-14-6-4-10-27-14/h13-14H,1-12H2,(H,20,24)(H,21,25). The molecule has 4 rings (SSSR count). The van der Waals surface area contributed by atoms with Crippen LogP contribution >= 0.6 is 0 Å². The summed E-state index contributed by atoms with van der Waals surface area (Å²) in [6.45, 7) is 3.22. The Morgan fingerprint density at radius 3 is 2.26 bits per heavy atom. The molecule has 0 aromatic carbocycles. The van der Waals surface area contributed by atoms with Crippen molar-refractivity contribution in [2.75, 3.05) is 26.3 Å². The Kier molecular flexibility index (Phi) is 5.73. The molecule has 8 heteroatoms. The van der Waals surface area contributed by atoms with Crippen LogP contribution in [0.15, 0.2) is 0 Å². The second-order valence-electron chi connectivity index (χ2n) is 7.53. The van der Waals surface area contributed by atoms with Crippen molar-refractivity contribution in [2.45, 2.75) is 63.7 Å². The summed E-state index contributed by atoms with van der Waals surface area (Å²) in [5, 5.41) is 5.85. The molecule has 0 saturated carbocycles. The fraction of sp³-hybridized carbons (Fsp3) is 0.737. The maximum Gasteiger partial charge on any atom is 0.287 e. The lowest BCUT2D eigenvalue weighted by molar-refractivity contribution is 0.0844. The number of nitrogens with one attached hydrogen (secondary N) is 2. The maximum absolute atomic E-state index is 12.7. The van der Waals surface area contributed by atoms with Crippen molar-refractivity contribution in [3.63, 3.8) is 0 Å². The molecule has 0 spiro atoms. The molecule has 0 bridgehead atoms. The van der Waals surface area contributed by atoms with E-state index in [0.29, 0.717) is 24.6 Å². The molecular weight excluding hydrogens is 348 g/mol. The van der Waals surface area contributed by atoms with E-state index in [1.165, 1.54) is 0 Å². The fourth-order valence-electron chi connectivity index (χ4n) is 4.08. The average Bonchev–Trinajstić information content (AvgIpc) is 3.45. The lowest BCUT2D eigenvalue weighted by Crippen LogP contribution is -2.34. The monoisotopic (exact) mass is 376 g/mol. The Balaban J connectivity index is 1.45. The van der Waals surface area contributed by atoms with Crippen LogP contribution in [0.5, 0.6) is 0 Å². The number of aromatic nitrogens is 2. The van der Waals surface area contributed by atoms with Crippen LogP contribution in [0.1, 0.15) is 65.3 Å². The molecule has 0 radical (unpaired) electrons. The molecule has 4 heterocycles. The second kappa shape index (κ2) is 8.39. The third kappa shape index (κ3) is 4.16. The van der Waals surface area contributed by atoms with Gasteiger partial charge in [-0.2, -0.15) is 0 Å². The number of hydrogen-bond acceptors (Lipinski definition) is 5. The van der Waals surface area contributed by atoms with Crippen molar-refractivity contribution in [2.24, 2.45) is 0 Å². The smallest absolute Gasteiger partial charge is 0.287 e. The quantitative estimate of drug-likeness (QED) is 0.774. The first kappa shape index (κ1) is 18.4. The molecule has 2 fully saturated rings. The number of fused-ring (bicyclic) bond motifs is 1. The van der Waals surface area contributed by atoms with Crippen LogP contribution in [0.2, 0.25) is 0 Å². The normalized spacial score (nSPS) is 24.6. The summed E-state index contributed by atoms with van der Waals surface area (Å²) in [7, 11) is 0. The molecule has 3 aliphatic rings. The van der Waals surface area contributed by atoms with Gasteiger partial charge in [0.2, 0.25) is 0 Å². The van der Waals surface area contributed by atoms with Crippen LogP contribution in [0.3, 0.4) is 0 Å². The average molecular weight is 376 g/mol. The van der Waals surface area contributed by atoms with Crippen molar-refractivity contribution in [3.05, 3.63) is 17.2 Å². The first-order valence-corrected chi connectivity index (χ1v) is 10.1. The summed E-state index contributed by atoms with van der Waals surface area (Å²) in [6, 6.07) is 0. The van der Waals surface area contributed by atoms with E-state index in [9.17, 15) is 9.59 Å². The second-order valence-corrected chi connectivity index (χ2v) is 7.53. The van der Waals surface area contributed by atoms with E-state index in [1.54, 1.807) is 0 Å². The van der Waals surface area contributed by atoms with Gasteiger partial charge in [-0.1, -0.05) is 0 Å². The highest BCUT2D eigenvalue weighted by Gasteiger charge is 2.28. The number of amides is 2. The van der Waals surface area contributed by atoms with Gasteiger partial charge in [-0.3, -0.25) is 9.59 Å². The highest BCUT2D eigenvalue weighted by molar-refractivity contribution is 5.97. The molecule has 1 aromatic heterocycles. The highest BCUT2D eigenvalue weighted by Crippen LogP contribution is 2.21. The molecule has 2 N–H and O–H groups in total. The highest BCUT2D eigenvalue weighted by atomic mass is 16.5. The fourth-order valence-corrected chi connectivity index (χ4v) is 4.08. The van der Waals surface area contributed by atoms with Crippen molar-refractivity contribution in [3.8, 4) is 0 Å². The van der Waals surface area contributed by atoms with Crippen LogP contribution in [0.4, 0.5) is 0 Å². The molecule has 8 nitrogen and oxygen atoms in total. The zero-order valence-electron chi connectivity index (χ0n) is 15.7. The zero-order valence-corrected chi connectivity index (χ0v) is 15.7. The Morgan fingerprint density at radius 2 is 1.63 bits per heavy atom. The van der Waals surface area contributed by atoms with Gasteiger partial charge in [0.1, 0.15) is 5.69 Å². The van der Waals surface area contributed by atoms with Crippen LogP contribution < -0.4 is 10.6 Å². The van der Waals surface area contributed by atoms with Crippen LogP contribution in [-0.4, -0.2) is 59.9 Å². The largest absolute Gasteiger partial charge is 0.376 e. The van der Waals surface area contributed by atoms with Crippen molar-refractivity contribution in [1.82, 2.24) is 20.2 Å². The van der Waals surface area contributed by atoms with Gasteiger partial charge in [0, 0.05) is 32.8 Å². The molecular formula is C19H28N4O4. The molecule has 148 valence electrons. The molecule has 27 heavy (non-hydrogen) atoms. The SMILES string of the molecule is O=C(NCC1CCCO1)c1nc(C(=O)NCC2CCCO2)n2c1CCCC2. The van der Waals surface area contributed by atoms with Crippen LogP contribution in [0, 0.1) is 0 Å². The summed E-state index contributed by atoms with van der Waals surface area (Å²) >= 11 is 0. The minimum Gasteiger partial charge on any atom is -0.376 e. The van der Waals surface area contributed by atoms with Gasteiger partial charge in [0.25, 0.3) is 11.8 Å². The predicted molar refractivity (Wildman–Crippen MR) is 97.8 cm³/mol. The van der Waals surface area contributed by atoms with Crippen LogP contribution in [-0.2, 0) is 22.4 Å². The predicted octanol–water partition coefficient (Wildman–Crippen LogP) is 1.04. The molecule has 3 aliphatic heterocycles. The third-order valence-electron chi connectivity index (χ3n) is 5.56. The van der Waals surface area contributed by atoms with Crippen molar-refractivity contribution >= 4 is 11.8 Å². The van der Waals surface area contributed by atoms with E-state index < -0.39 is 0 Å². The Morgan fingerprint density at radius 1 is 0.963 bits per heavy atom. The summed E-state index contributed by atoms with van der Waals surface area (Å²) in [4.78, 5) is 29.8. The van der Waals surface area contributed by atoms with E-state index in [-0.39, 0.29) is 24.0 Å². The molecule has 2 atom stereocenters. The van der Waals surface area contributed by atoms with Crippen LogP contribution in [0.25, 0.3) is 0 Å². The van der Waals surface area contributed by atoms with Crippen molar-refractivity contribution < 1.29 is 19.1 Å². The topological polar surface area (TPSA) is 94.5 Å². The molecule has 1 aromatic rings. The van der Waals surface area contributed by atoms with E-state index in [4.69, 9.17) is 9.47 Å². The summed E-state index contributed by atoms with van der Waals surface area (Å²) in [5.74, 6) is -0.105. The van der Waals surface area contributed by atoms with Gasteiger partial charge in [-0.25, -0.2) is 4.98 Å². The molecule has 0 aliphatic carbocycles. The van der Waals surface area contributed by atoms with Gasteiger partial charge >= 0.3 is 0 Å². The van der Waals surface area contributed by atoms with E-state index in [2.05, 4.69) is 15.6 Å². The van der Waals surface area contributed by atoms with Gasteiger partial charge in [0.05, 0.1) is 17.9 Å². The van der Waals surface area contributed by atoms with Gasteiger partial charge in [-0.15, -0.1) is 0 Å². The van der Waals surface area contributed by atoms with E-state index >= 15 is 0 Å². The number of ether oxygens (including phenoxy) is 2. The minimum atomic E-state index is -0.230. The molecule has 2 saturated heterocycles. The van der Waals surface area contributed by atoms with Crippen molar-refractivity contribution in [1.29, 1.82) is 0 Å². The number of hydrogen-bond donors (Lipinski definition) is 2. The van der Waals surface area contributed by atoms with E-state index in [1.807, 2.05) is 4.57 Å². The lowest BCUT2D eigenvalue weighted by atomic mass is 10.1. The minimum absolute atomic E-state index is 0.0823. The molecule has 2 amide bonds. The summed E-state index contributed by atoms with van der Waals surface area (Å²) in [5.41, 5.74) is 1.25. The number of imidazole rings is 1. The Hall–Kier alpha value is -1.93. The zero-order chi connectivity index (χ0) is 18.6. The summed E-state index contributed by atoms with van der Waals surface area (Å²) in [6.07, 6.45) is 6.95. The van der Waals surface area contributed by atoms with Gasteiger partial charge < -0.3 is 24.7 Å². The molecule has 2 unspecified atom stereocenters. The number of rotatable bonds is 6. The Labute approximate surface area is 159 Å². The lowest BCUT2D eigenvalue weighted by Gasteiger charge is -2.17. The number of carbonyl (C=O) groups excluding carboxylic acids is 2. The van der Waals surface area contributed by atoms with Gasteiger partial charge in [-0.05, 0) is 44.9 Å². The maximum atomic E-state index is 12.7. The van der Waals surface area contributed by atoms with E-state index in [0.717, 1.165) is 70.4 Å². The first-order valence-electron chi connectivity index (χ1n) is 10.1. The third-order valence-corrected chi connectivity index (χ3v) is 5.56. The summed E-state index contributed by atoms with van der Waals surface area (Å²) < 4.78 is 13.0. The first-order chi connectivity index (χ1) is 13.2. The Bertz CT molecular complexity index is 634. The number of nitrogens with zero attached hydrogens (tertiary/aromatic N) is 2.